The number of esters is 1. The van der Waals surface area contributed by atoms with Gasteiger partial charge in [-0.05, 0) is 34.6 Å². The molecule has 0 rings (SSSR count). The molecule has 0 aromatic heterocycles. The summed E-state index contributed by atoms with van der Waals surface area (Å²) in [4.78, 5) is 20.3. The number of methoxy groups -OCH3 is 1. The van der Waals surface area contributed by atoms with Crippen LogP contribution in [0, 0.1) is 0 Å². The first-order valence-corrected chi connectivity index (χ1v) is 6.74. The summed E-state index contributed by atoms with van der Waals surface area (Å²) < 4.78 is 14.7. The van der Waals surface area contributed by atoms with Gasteiger partial charge in [0.25, 0.3) is 0 Å². The Morgan fingerprint density at radius 3 is 1.65 bits per heavy atom. The average molecular weight is 262 g/mol. The highest BCUT2D eigenvalue weighted by Crippen LogP contribution is 1.89. The van der Waals surface area contributed by atoms with E-state index in [0.717, 1.165) is 0 Å². The smallest absolute Gasteiger partial charge is 0.479 e. The molecule has 100 valence electrons. The van der Waals surface area contributed by atoms with Crippen LogP contribution in [0.15, 0.2) is 0 Å². The van der Waals surface area contributed by atoms with E-state index in [0.29, 0.717) is 12.2 Å². The Balaban J connectivity index is 0. The molecule has 0 spiro atoms. The molecule has 6 heteroatoms. The van der Waals surface area contributed by atoms with E-state index in [9.17, 15) is 9.59 Å². The third-order valence-electron chi connectivity index (χ3n) is 1.42. The molecule has 5 nitrogen and oxygen atoms in total. The van der Waals surface area contributed by atoms with Gasteiger partial charge in [0.15, 0.2) is 0 Å². The highest BCUT2D eigenvalue weighted by molar-refractivity contribution is 6.18. The van der Waals surface area contributed by atoms with Crippen LogP contribution >= 0.6 is 0 Å². The second kappa shape index (κ2) is 12.1. The van der Waals surface area contributed by atoms with Gasteiger partial charge in [-0.25, -0.2) is 0 Å². The Morgan fingerprint density at radius 2 is 1.47 bits per heavy atom. The van der Waals surface area contributed by atoms with E-state index in [1.807, 2.05) is 27.7 Å². The summed E-state index contributed by atoms with van der Waals surface area (Å²) in [5.41, 5.74) is 0. The van der Waals surface area contributed by atoms with E-state index in [1.54, 1.807) is 0 Å². The highest BCUT2D eigenvalue weighted by atomic mass is 27.2. The van der Waals surface area contributed by atoms with Crippen molar-refractivity contribution in [3.63, 3.8) is 0 Å². The first kappa shape index (κ1) is 18.9. The Morgan fingerprint density at radius 1 is 1.06 bits per heavy atom. The zero-order valence-corrected chi connectivity index (χ0v) is 13.0. The van der Waals surface area contributed by atoms with Crippen molar-refractivity contribution < 1.29 is 21.9 Å². The van der Waals surface area contributed by atoms with Gasteiger partial charge < -0.3 is 12.3 Å². The SMILES string of the molecule is CC(C)[O][AlH][O]C(C)C.COC(=O)CC(C)=O. The molecule has 0 amide bonds. The van der Waals surface area contributed by atoms with Gasteiger partial charge in [0.1, 0.15) is 12.2 Å². The number of hydrogen-bond acceptors (Lipinski definition) is 5. The van der Waals surface area contributed by atoms with E-state index in [2.05, 4.69) is 4.74 Å². The number of Topliss-reactive ketones (excluding diaryl/α,β-unsaturated/α-hetero) is 1. The minimum absolute atomic E-state index is 0.115. The fourth-order valence-corrected chi connectivity index (χ4v) is 1.21. The minimum Gasteiger partial charge on any atom is -0.479 e. The molecule has 17 heavy (non-hydrogen) atoms. The van der Waals surface area contributed by atoms with Crippen molar-refractivity contribution in [2.75, 3.05) is 7.11 Å². The predicted molar refractivity (Wildman–Crippen MR) is 66.9 cm³/mol. The summed E-state index contributed by atoms with van der Waals surface area (Å²) in [5.74, 6) is -0.644. The molecule has 0 aliphatic carbocycles. The highest BCUT2D eigenvalue weighted by Gasteiger charge is 2.02. The molecular formula is C11H23AlO5. The average Bonchev–Trinajstić information content (AvgIpc) is 2.16. The van der Waals surface area contributed by atoms with Crippen LogP contribution < -0.4 is 0 Å². The lowest BCUT2D eigenvalue weighted by Gasteiger charge is -2.09. The molecule has 0 aromatic rings. The molecule has 0 aliphatic heterocycles. The van der Waals surface area contributed by atoms with Crippen LogP contribution in [0.25, 0.3) is 0 Å². The van der Waals surface area contributed by atoms with E-state index < -0.39 is 21.9 Å². The van der Waals surface area contributed by atoms with Crippen molar-refractivity contribution >= 4 is 27.6 Å². The topological polar surface area (TPSA) is 61.8 Å². The van der Waals surface area contributed by atoms with Crippen molar-refractivity contribution in [3.05, 3.63) is 0 Å². The molecule has 0 heterocycles. The molecule has 0 saturated carbocycles. The van der Waals surface area contributed by atoms with Crippen LogP contribution in [0.5, 0.6) is 0 Å². The fourth-order valence-electron chi connectivity index (χ4n) is 0.587. The van der Waals surface area contributed by atoms with Gasteiger partial charge in [-0.2, -0.15) is 0 Å². The first-order chi connectivity index (χ1) is 7.79. The molecule has 0 atom stereocenters. The van der Waals surface area contributed by atoms with Gasteiger partial charge in [0.05, 0.1) is 7.11 Å². The largest absolute Gasteiger partial charge is 0.650 e. The second-order valence-electron chi connectivity index (χ2n) is 4.00. The van der Waals surface area contributed by atoms with Gasteiger partial charge in [0, 0.05) is 12.2 Å². The van der Waals surface area contributed by atoms with E-state index in [4.69, 9.17) is 7.58 Å². The van der Waals surface area contributed by atoms with Gasteiger partial charge in [0.2, 0.25) is 0 Å². The third kappa shape index (κ3) is 21.4. The van der Waals surface area contributed by atoms with E-state index >= 15 is 0 Å². The number of carbonyl (C=O) groups excluding carboxylic acids is 2. The number of hydrogen-bond donors (Lipinski definition) is 0. The second-order valence-corrected chi connectivity index (χ2v) is 4.91. The zero-order chi connectivity index (χ0) is 13.8. The Kier molecular flexibility index (Phi) is 13.4. The Hall–Kier alpha value is -0.408. The first-order valence-electron chi connectivity index (χ1n) is 5.59. The predicted octanol–water partition coefficient (Wildman–Crippen LogP) is 1.24. The van der Waals surface area contributed by atoms with Crippen LogP contribution in [0.4, 0.5) is 0 Å². The summed E-state index contributed by atoms with van der Waals surface area (Å²) in [6, 6.07) is 0. The van der Waals surface area contributed by atoms with Gasteiger partial charge in [-0.15, -0.1) is 0 Å². The van der Waals surface area contributed by atoms with Gasteiger partial charge in [-0.1, -0.05) is 0 Å². The summed E-state index contributed by atoms with van der Waals surface area (Å²) in [7, 11) is 1.26. The molecule has 0 N–H and O–H groups in total. The number of rotatable bonds is 6. The normalized spacial score (nSPS) is 9.65. The molecule has 0 unspecified atom stereocenters. The number of carbonyl (C=O) groups is 2. The van der Waals surface area contributed by atoms with Crippen molar-refractivity contribution in [3.8, 4) is 0 Å². The molecule has 0 fully saturated rings. The lowest BCUT2D eigenvalue weighted by molar-refractivity contribution is -0.142. The molecular weight excluding hydrogens is 239 g/mol. The molecule has 0 aromatic carbocycles. The van der Waals surface area contributed by atoms with Gasteiger partial charge in [-0.3, -0.25) is 9.59 Å². The Labute approximate surface area is 110 Å². The fraction of sp³-hybridized carbons (Fsp3) is 0.818. The van der Waals surface area contributed by atoms with E-state index in [-0.39, 0.29) is 12.2 Å². The summed E-state index contributed by atoms with van der Waals surface area (Å²) >= 11 is -0.684. The van der Waals surface area contributed by atoms with Crippen LogP contribution in [-0.2, 0) is 21.9 Å². The number of ketones is 1. The summed E-state index contributed by atoms with van der Waals surface area (Å²) in [6.07, 6.45) is 0.544. The standard InChI is InChI=1S/C5H8O3.2C3H7O.Al.H/c1-4(6)3-5(7)8-2;2*1-3(2)4;;/h3H2,1-2H3;2*3H,1-2H3;;/q;2*-1;+2;. The minimum atomic E-state index is -0.684. The third-order valence-corrected chi connectivity index (χ3v) is 3.03. The zero-order valence-electron chi connectivity index (χ0n) is 11.6. The lowest BCUT2D eigenvalue weighted by atomic mass is 10.3. The van der Waals surface area contributed by atoms with Crippen molar-refractivity contribution in [2.45, 2.75) is 53.2 Å². The van der Waals surface area contributed by atoms with Crippen LogP contribution in [0.2, 0.25) is 0 Å². The van der Waals surface area contributed by atoms with Gasteiger partial charge >= 0.3 is 21.9 Å². The van der Waals surface area contributed by atoms with Crippen molar-refractivity contribution in [2.24, 2.45) is 0 Å². The van der Waals surface area contributed by atoms with Crippen molar-refractivity contribution in [1.29, 1.82) is 0 Å². The van der Waals surface area contributed by atoms with Crippen molar-refractivity contribution in [1.82, 2.24) is 0 Å². The lowest BCUT2D eigenvalue weighted by Crippen LogP contribution is -2.14. The molecule has 0 saturated heterocycles. The summed E-state index contributed by atoms with van der Waals surface area (Å²) in [6.45, 7) is 9.44. The molecule has 0 bridgehead atoms. The molecule has 0 radical (unpaired) electrons. The number of ether oxygens (including phenoxy) is 1. The van der Waals surface area contributed by atoms with Crippen LogP contribution in [0.3, 0.4) is 0 Å². The van der Waals surface area contributed by atoms with E-state index in [1.165, 1.54) is 14.0 Å². The monoisotopic (exact) mass is 262 g/mol. The maximum Gasteiger partial charge on any atom is 0.650 e. The van der Waals surface area contributed by atoms with Crippen LogP contribution in [-0.4, -0.2) is 47.0 Å². The maximum absolute atomic E-state index is 10.2. The molecule has 0 aliphatic rings. The quantitative estimate of drug-likeness (QED) is 0.409. The maximum atomic E-state index is 10.2. The Bertz CT molecular complexity index is 208. The summed E-state index contributed by atoms with van der Waals surface area (Å²) in [5, 5.41) is 0. The van der Waals surface area contributed by atoms with Crippen LogP contribution in [0.1, 0.15) is 41.0 Å².